The van der Waals surface area contributed by atoms with Gasteiger partial charge in [-0.05, 0) is 61.9 Å². The Bertz CT molecular complexity index is 755. The second-order valence-corrected chi connectivity index (χ2v) is 6.21. The van der Waals surface area contributed by atoms with Gasteiger partial charge in [-0.3, -0.25) is 4.79 Å². The number of ether oxygens (including phenoxy) is 2. The normalized spacial score (nSPS) is 12.6. The third-order valence-electron chi connectivity index (χ3n) is 4.36. The highest BCUT2D eigenvalue weighted by molar-refractivity contribution is 5.94. The molecule has 4 heteroatoms. The van der Waals surface area contributed by atoms with Crippen molar-refractivity contribution in [3.05, 3.63) is 53.1 Å². The van der Waals surface area contributed by atoms with Crippen LogP contribution in [0.4, 0.5) is 5.69 Å². The maximum absolute atomic E-state index is 12.5. The topological polar surface area (TPSA) is 47.6 Å². The van der Waals surface area contributed by atoms with Gasteiger partial charge in [0.1, 0.15) is 11.5 Å². The summed E-state index contributed by atoms with van der Waals surface area (Å²) in [5, 5.41) is 2.97. The van der Waals surface area contributed by atoms with Gasteiger partial charge in [-0.1, -0.05) is 18.2 Å². The van der Waals surface area contributed by atoms with Gasteiger partial charge in [0.15, 0.2) is 0 Å². The molecule has 2 aromatic rings. The van der Waals surface area contributed by atoms with Crippen molar-refractivity contribution in [2.75, 3.05) is 18.5 Å². The van der Waals surface area contributed by atoms with Gasteiger partial charge < -0.3 is 14.8 Å². The maximum Gasteiger partial charge on any atom is 0.228 e. The summed E-state index contributed by atoms with van der Waals surface area (Å²) >= 11 is 0. The van der Waals surface area contributed by atoms with E-state index in [1.165, 1.54) is 17.5 Å². The van der Waals surface area contributed by atoms with Gasteiger partial charge >= 0.3 is 0 Å². The van der Waals surface area contributed by atoms with E-state index in [9.17, 15) is 4.79 Å². The van der Waals surface area contributed by atoms with E-state index in [1.54, 1.807) is 0 Å². The maximum atomic E-state index is 12.5. The first-order valence-corrected chi connectivity index (χ1v) is 8.99. The highest BCUT2D eigenvalue weighted by Crippen LogP contribution is 2.30. The van der Waals surface area contributed by atoms with E-state index in [2.05, 4.69) is 23.5 Å². The van der Waals surface area contributed by atoms with Crippen molar-refractivity contribution in [1.29, 1.82) is 0 Å². The molecule has 25 heavy (non-hydrogen) atoms. The largest absolute Gasteiger partial charge is 0.494 e. The van der Waals surface area contributed by atoms with Crippen molar-refractivity contribution >= 4 is 11.6 Å². The van der Waals surface area contributed by atoms with Crippen LogP contribution in [-0.2, 0) is 24.1 Å². The molecule has 0 fully saturated rings. The number of benzene rings is 2. The van der Waals surface area contributed by atoms with Crippen molar-refractivity contribution in [1.82, 2.24) is 0 Å². The van der Waals surface area contributed by atoms with Crippen LogP contribution in [0.2, 0.25) is 0 Å². The predicted molar refractivity (Wildman–Crippen MR) is 99.6 cm³/mol. The molecule has 1 aliphatic rings. The number of hydrogen-bond donors (Lipinski definition) is 1. The van der Waals surface area contributed by atoms with Crippen LogP contribution in [0.25, 0.3) is 0 Å². The van der Waals surface area contributed by atoms with Crippen molar-refractivity contribution in [3.63, 3.8) is 0 Å². The summed E-state index contributed by atoms with van der Waals surface area (Å²) in [5.41, 5.74) is 4.52. The summed E-state index contributed by atoms with van der Waals surface area (Å²) in [4.78, 5) is 12.5. The number of fused-ring (bicyclic) bond motifs is 1. The summed E-state index contributed by atoms with van der Waals surface area (Å²) in [5.74, 6) is 1.33. The first-order chi connectivity index (χ1) is 12.2. The highest BCUT2D eigenvalue weighted by Gasteiger charge is 2.14. The molecule has 0 unspecified atom stereocenters. The van der Waals surface area contributed by atoms with Gasteiger partial charge in [-0.2, -0.15) is 0 Å². The van der Waals surface area contributed by atoms with Crippen molar-refractivity contribution in [3.8, 4) is 11.5 Å². The minimum Gasteiger partial charge on any atom is -0.494 e. The van der Waals surface area contributed by atoms with Crippen LogP contribution in [0.15, 0.2) is 36.4 Å². The number of nitrogens with one attached hydrogen (secondary N) is 1. The number of carbonyl (C=O) groups is 1. The summed E-state index contributed by atoms with van der Waals surface area (Å²) < 4.78 is 11.1. The second-order valence-electron chi connectivity index (χ2n) is 6.21. The lowest BCUT2D eigenvalue weighted by Gasteiger charge is -2.14. The Kier molecular flexibility index (Phi) is 5.59. The fourth-order valence-corrected chi connectivity index (χ4v) is 3.26. The molecular formula is C21H25NO3. The summed E-state index contributed by atoms with van der Waals surface area (Å²) in [6, 6.07) is 11.9. The third-order valence-corrected chi connectivity index (χ3v) is 4.36. The van der Waals surface area contributed by atoms with E-state index in [1.807, 2.05) is 32.0 Å². The lowest BCUT2D eigenvalue weighted by atomic mass is 10.0. The van der Waals surface area contributed by atoms with E-state index < -0.39 is 0 Å². The third kappa shape index (κ3) is 4.32. The molecule has 2 aromatic carbocycles. The van der Waals surface area contributed by atoms with Crippen LogP contribution in [0.3, 0.4) is 0 Å². The standard InChI is InChI=1S/C21H25NO3/c1-3-24-18-10-11-20(25-4-2)19(14-18)22-21(23)13-15-8-9-16-6-5-7-17(16)12-15/h8-12,14H,3-7,13H2,1-2H3,(H,22,23). The predicted octanol–water partition coefficient (Wildman–Crippen LogP) is 4.15. The monoisotopic (exact) mass is 339 g/mol. The van der Waals surface area contributed by atoms with Gasteiger partial charge in [0.25, 0.3) is 0 Å². The second kappa shape index (κ2) is 8.06. The minimum atomic E-state index is -0.0486. The van der Waals surface area contributed by atoms with Gasteiger partial charge in [0.2, 0.25) is 5.91 Å². The molecule has 3 rings (SSSR count). The summed E-state index contributed by atoms with van der Waals surface area (Å²) in [6.07, 6.45) is 3.85. The van der Waals surface area contributed by atoms with Gasteiger partial charge in [-0.15, -0.1) is 0 Å². The number of anilines is 1. The van der Waals surface area contributed by atoms with Crippen LogP contribution in [0, 0.1) is 0 Å². The number of rotatable bonds is 7. The number of aryl methyl sites for hydroxylation is 2. The minimum absolute atomic E-state index is 0.0486. The first-order valence-electron chi connectivity index (χ1n) is 8.99. The summed E-state index contributed by atoms with van der Waals surface area (Å²) in [6.45, 7) is 4.98. The molecule has 0 radical (unpaired) electrons. The van der Waals surface area contributed by atoms with Crippen LogP contribution >= 0.6 is 0 Å². The fourth-order valence-electron chi connectivity index (χ4n) is 3.26. The van der Waals surface area contributed by atoms with Crippen molar-refractivity contribution in [2.24, 2.45) is 0 Å². The Morgan fingerprint density at radius 1 is 1.00 bits per heavy atom. The molecule has 0 aromatic heterocycles. The Labute approximate surface area is 149 Å². The van der Waals surface area contributed by atoms with E-state index >= 15 is 0 Å². The smallest absolute Gasteiger partial charge is 0.228 e. The molecule has 0 saturated carbocycles. The van der Waals surface area contributed by atoms with Gasteiger partial charge in [-0.25, -0.2) is 0 Å². The molecule has 0 spiro atoms. The lowest BCUT2D eigenvalue weighted by molar-refractivity contribution is -0.115. The lowest BCUT2D eigenvalue weighted by Crippen LogP contribution is -2.15. The number of hydrogen-bond acceptors (Lipinski definition) is 3. The van der Waals surface area contributed by atoms with E-state index in [0.717, 1.165) is 24.2 Å². The Balaban J connectivity index is 1.72. The van der Waals surface area contributed by atoms with Crippen LogP contribution in [-0.4, -0.2) is 19.1 Å². The Morgan fingerprint density at radius 3 is 2.60 bits per heavy atom. The molecule has 0 saturated heterocycles. The highest BCUT2D eigenvalue weighted by atomic mass is 16.5. The van der Waals surface area contributed by atoms with E-state index in [-0.39, 0.29) is 5.91 Å². The van der Waals surface area contributed by atoms with Crippen molar-refractivity contribution < 1.29 is 14.3 Å². The SMILES string of the molecule is CCOc1ccc(OCC)c(NC(=O)Cc2ccc3c(c2)CCC3)c1. The van der Waals surface area contributed by atoms with Gasteiger partial charge in [0, 0.05) is 6.07 Å². The molecule has 1 amide bonds. The first kappa shape index (κ1) is 17.3. The molecule has 0 heterocycles. The van der Waals surface area contributed by atoms with Crippen molar-refractivity contribution in [2.45, 2.75) is 39.5 Å². The average Bonchev–Trinajstić information content (AvgIpc) is 3.05. The average molecular weight is 339 g/mol. The molecule has 0 aliphatic heterocycles. The zero-order chi connectivity index (χ0) is 17.6. The van der Waals surface area contributed by atoms with Crippen LogP contribution in [0.1, 0.15) is 37.0 Å². The summed E-state index contributed by atoms with van der Waals surface area (Å²) in [7, 11) is 0. The molecule has 1 N–H and O–H groups in total. The molecular weight excluding hydrogens is 314 g/mol. The quantitative estimate of drug-likeness (QED) is 0.824. The van der Waals surface area contributed by atoms with E-state index in [4.69, 9.17) is 9.47 Å². The number of carbonyl (C=O) groups excluding carboxylic acids is 1. The molecule has 132 valence electrons. The van der Waals surface area contributed by atoms with E-state index in [0.29, 0.717) is 31.1 Å². The van der Waals surface area contributed by atoms with Gasteiger partial charge in [0.05, 0.1) is 25.3 Å². The molecule has 0 bridgehead atoms. The molecule has 0 atom stereocenters. The Hall–Kier alpha value is -2.49. The van der Waals surface area contributed by atoms with Crippen LogP contribution in [0.5, 0.6) is 11.5 Å². The molecule has 1 aliphatic carbocycles. The zero-order valence-electron chi connectivity index (χ0n) is 14.9. The zero-order valence-corrected chi connectivity index (χ0v) is 14.9. The number of amides is 1. The fraction of sp³-hybridized carbons (Fsp3) is 0.381. The Morgan fingerprint density at radius 2 is 1.80 bits per heavy atom. The molecule has 4 nitrogen and oxygen atoms in total. The van der Waals surface area contributed by atoms with Crippen LogP contribution < -0.4 is 14.8 Å².